The van der Waals surface area contributed by atoms with E-state index in [0.717, 1.165) is 36.2 Å². The van der Waals surface area contributed by atoms with E-state index < -0.39 is 5.91 Å². The fourth-order valence-electron chi connectivity index (χ4n) is 3.24. The minimum Gasteiger partial charge on any atom is -0.267 e. The van der Waals surface area contributed by atoms with Gasteiger partial charge in [-0.15, -0.1) is 0 Å². The average Bonchev–Trinajstić information content (AvgIpc) is 3.30. The smallest absolute Gasteiger partial charge is 0.267 e. The second-order valence-electron chi connectivity index (χ2n) is 6.15. The number of nitrogens with one attached hydrogen (secondary N) is 2. The Hall–Kier alpha value is -3.41. The Labute approximate surface area is 150 Å². The zero-order chi connectivity index (χ0) is 17.9. The van der Waals surface area contributed by atoms with Crippen LogP contribution >= 0.6 is 0 Å². The molecule has 0 bridgehead atoms. The first-order chi connectivity index (χ1) is 12.7. The summed E-state index contributed by atoms with van der Waals surface area (Å²) in [6.07, 6.45) is 2.70. The van der Waals surface area contributed by atoms with Gasteiger partial charge >= 0.3 is 0 Å². The number of aromatic nitrogens is 2. The van der Waals surface area contributed by atoms with Crippen LogP contribution in [0.4, 0.5) is 0 Å². The first-order valence-electron chi connectivity index (χ1n) is 8.56. The fourth-order valence-corrected chi connectivity index (χ4v) is 3.24. The topological polar surface area (TPSA) is 76.0 Å². The van der Waals surface area contributed by atoms with Gasteiger partial charge < -0.3 is 0 Å². The molecule has 1 aromatic heterocycles. The zero-order valence-corrected chi connectivity index (χ0v) is 14.1. The lowest BCUT2D eigenvalue weighted by Gasteiger charge is -2.07. The number of hydrazine groups is 1. The highest BCUT2D eigenvalue weighted by atomic mass is 16.2. The highest BCUT2D eigenvalue weighted by Gasteiger charge is 2.27. The van der Waals surface area contributed by atoms with E-state index in [-0.39, 0.29) is 5.91 Å². The summed E-state index contributed by atoms with van der Waals surface area (Å²) in [4.78, 5) is 24.7. The van der Waals surface area contributed by atoms with Crippen molar-refractivity contribution >= 4 is 11.8 Å². The average molecular weight is 346 g/mol. The number of benzene rings is 2. The maximum atomic E-state index is 12.6. The van der Waals surface area contributed by atoms with E-state index in [1.807, 2.05) is 41.1 Å². The van der Waals surface area contributed by atoms with E-state index in [0.29, 0.717) is 11.3 Å². The number of hydrogen-bond acceptors (Lipinski definition) is 3. The van der Waals surface area contributed by atoms with Crippen molar-refractivity contribution in [3.05, 3.63) is 83.2 Å². The third kappa shape index (κ3) is 2.97. The molecule has 6 heteroatoms. The van der Waals surface area contributed by atoms with Crippen LogP contribution < -0.4 is 10.9 Å². The van der Waals surface area contributed by atoms with Gasteiger partial charge in [0.2, 0.25) is 0 Å². The van der Waals surface area contributed by atoms with E-state index in [9.17, 15) is 9.59 Å². The predicted molar refractivity (Wildman–Crippen MR) is 97.0 cm³/mol. The molecule has 2 aromatic carbocycles. The van der Waals surface area contributed by atoms with E-state index in [1.165, 1.54) is 0 Å². The van der Waals surface area contributed by atoms with Gasteiger partial charge in [0, 0.05) is 16.8 Å². The van der Waals surface area contributed by atoms with E-state index >= 15 is 0 Å². The van der Waals surface area contributed by atoms with Crippen LogP contribution in [-0.2, 0) is 12.8 Å². The summed E-state index contributed by atoms with van der Waals surface area (Å²) in [6, 6.07) is 18.5. The van der Waals surface area contributed by atoms with Gasteiger partial charge in [-0.25, -0.2) is 4.68 Å². The molecule has 0 aliphatic heterocycles. The molecule has 130 valence electrons. The van der Waals surface area contributed by atoms with Crippen molar-refractivity contribution in [2.45, 2.75) is 19.3 Å². The molecule has 0 spiro atoms. The summed E-state index contributed by atoms with van der Waals surface area (Å²) in [5.41, 5.74) is 8.73. The van der Waals surface area contributed by atoms with Crippen molar-refractivity contribution in [1.82, 2.24) is 20.6 Å². The van der Waals surface area contributed by atoms with E-state index in [2.05, 4.69) is 16.0 Å². The standard InChI is InChI=1S/C20H18N4O2/c25-19(14-8-3-1-4-9-14)21-22-20(26)18-16-12-7-13-17(16)24(23-18)15-10-5-2-6-11-15/h1-6,8-11H,7,12-13H2,(H,21,25)(H,22,26). The normalized spacial score (nSPS) is 12.5. The van der Waals surface area contributed by atoms with Gasteiger partial charge in [0.1, 0.15) is 0 Å². The number of carbonyl (C=O) groups is 2. The van der Waals surface area contributed by atoms with Gasteiger partial charge in [-0.1, -0.05) is 36.4 Å². The quantitative estimate of drug-likeness (QED) is 0.715. The van der Waals surface area contributed by atoms with Crippen LogP contribution in [0.15, 0.2) is 60.7 Å². The number of rotatable bonds is 3. The van der Waals surface area contributed by atoms with Crippen molar-refractivity contribution < 1.29 is 9.59 Å². The van der Waals surface area contributed by atoms with Crippen LogP contribution in [0.5, 0.6) is 0 Å². The summed E-state index contributed by atoms with van der Waals surface area (Å²) in [7, 11) is 0. The molecule has 0 radical (unpaired) electrons. The van der Waals surface area contributed by atoms with Crippen molar-refractivity contribution in [3.8, 4) is 5.69 Å². The third-order valence-electron chi connectivity index (χ3n) is 4.47. The molecular weight excluding hydrogens is 328 g/mol. The first-order valence-corrected chi connectivity index (χ1v) is 8.56. The highest BCUT2D eigenvalue weighted by Crippen LogP contribution is 2.27. The van der Waals surface area contributed by atoms with Crippen LogP contribution in [0.2, 0.25) is 0 Å². The largest absolute Gasteiger partial charge is 0.290 e. The van der Waals surface area contributed by atoms with Crippen LogP contribution in [0, 0.1) is 0 Å². The van der Waals surface area contributed by atoms with Crippen LogP contribution in [0.1, 0.15) is 38.5 Å². The molecule has 2 amide bonds. The molecule has 1 aliphatic rings. The van der Waals surface area contributed by atoms with Gasteiger partial charge in [-0.05, 0) is 43.5 Å². The van der Waals surface area contributed by atoms with Crippen molar-refractivity contribution in [1.29, 1.82) is 0 Å². The Kier molecular flexibility index (Phi) is 4.23. The molecule has 2 N–H and O–H groups in total. The van der Waals surface area contributed by atoms with Crippen LogP contribution in [-0.4, -0.2) is 21.6 Å². The Bertz CT molecular complexity index is 949. The summed E-state index contributed by atoms with van der Waals surface area (Å²) in [5.74, 6) is -0.764. The summed E-state index contributed by atoms with van der Waals surface area (Å²) in [6.45, 7) is 0. The molecule has 3 aromatic rings. The maximum Gasteiger partial charge on any atom is 0.290 e. The summed E-state index contributed by atoms with van der Waals surface area (Å²) in [5, 5.41) is 4.51. The molecule has 1 heterocycles. The lowest BCUT2D eigenvalue weighted by molar-refractivity contribution is 0.0843. The van der Waals surface area contributed by atoms with Crippen LogP contribution in [0.3, 0.4) is 0 Å². The highest BCUT2D eigenvalue weighted by molar-refractivity contribution is 5.99. The minimum absolute atomic E-state index is 0.363. The monoisotopic (exact) mass is 346 g/mol. The lowest BCUT2D eigenvalue weighted by atomic mass is 10.2. The van der Waals surface area contributed by atoms with Crippen molar-refractivity contribution in [2.24, 2.45) is 0 Å². The Morgan fingerprint density at radius 1 is 0.846 bits per heavy atom. The molecular formula is C20H18N4O2. The number of carbonyl (C=O) groups excluding carboxylic acids is 2. The molecule has 4 rings (SSSR count). The zero-order valence-electron chi connectivity index (χ0n) is 14.1. The molecule has 0 fully saturated rings. The number of nitrogens with zero attached hydrogens (tertiary/aromatic N) is 2. The number of amides is 2. The number of fused-ring (bicyclic) bond motifs is 1. The number of hydrogen-bond donors (Lipinski definition) is 2. The van der Waals surface area contributed by atoms with Gasteiger partial charge in [0.05, 0.1) is 5.69 Å². The van der Waals surface area contributed by atoms with Crippen LogP contribution in [0.25, 0.3) is 5.69 Å². The molecule has 0 saturated heterocycles. The van der Waals surface area contributed by atoms with Gasteiger partial charge in [0.15, 0.2) is 5.69 Å². The van der Waals surface area contributed by atoms with Gasteiger partial charge in [-0.2, -0.15) is 5.10 Å². The molecule has 6 nitrogen and oxygen atoms in total. The predicted octanol–water partition coefficient (Wildman–Crippen LogP) is 2.44. The molecule has 1 aliphatic carbocycles. The maximum absolute atomic E-state index is 12.6. The molecule has 0 unspecified atom stereocenters. The first kappa shape index (κ1) is 16.1. The second-order valence-corrected chi connectivity index (χ2v) is 6.15. The lowest BCUT2D eigenvalue weighted by Crippen LogP contribution is -2.42. The van der Waals surface area contributed by atoms with Crippen molar-refractivity contribution in [2.75, 3.05) is 0 Å². The van der Waals surface area contributed by atoms with Gasteiger partial charge in [-0.3, -0.25) is 20.4 Å². The molecule has 26 heavy (non-hydrogen) atoms. The minimum atomic E-state index is -0.401. The van der Waals surface area contributed by atoms with Gasteiger partial charge in [0.25, 0.3) is 11.8 Å². The second kappa shape index (κ2) is 6.84. The molecule has 0 saturated carbocycles. The SMILES string of the molecule is O=C(NNC(=O)c1nn(-c2ccccc2)c2c1CCC2)c1ccccc1. The third-order valence-corrected chi connectivity index (χ3v) is 4.47. The Balaban J connectivity index is 1.55. The summed E-state index contributed by atoms with van der Waals surface area (Å²) < 4.78 is 1.83. The molecule has 0 atom stereocenters. The van der Waals surface area contributed by atoms with Crippen molar-refractivity contribution in [3.63, 3.8) is 0 Å². The fraction of sp³-hybridized carbons (Fsp3) is 0.150. The Morgan fingerprint density at radius 2 is 1.50 bits per heavy atom. The van der Waals surface area contributed by atoms with E-state index in [4.69, 9.17) is 0 Å². The Morgan fingerprint density at radius 3 is 2.23 bits per heavy atom. The summed E-state index contributed by atoms with van der Waals surface area (Å²) >= 11 is 0. The van der Waals surface area contributed by atoms with E-state index in [1.54, 1.807) is 24.3 Å². The number of para-hydroxylation sites is 1.